The van der Waals surface area contributed by atoms with Gasteiger partial charge < -0.3 is 15.8 Å². The van der Waals surface area contributed by atoms with Gasteiger partial charge >= 0.3 is 5.97 Å². The number of carbonyl (C=O) groups is 1. The van der Waals surface area contributed by atoms with Crippen molar-refractivity contribution in [2.75, 3.05) is 18.2 Å². The molecule has 0 aliphatic heterocycles. The van der Waals surface area contributed by atoms with Gasteiger partial charge in [-0.3, -0.25) is 4.79 Å². The summed E-state index contributed by atoms with van der Waals surface area (Å²) in [5.74, 6) is 0.498. The number of benzene rings is 2. The normalized spacial score (nSPS) is 27.4. The maximum atomic E-state index is 12.9. The largest absolute Gasteiger partial charge is 0.469 e. The molecular weight excluding hydrogens is 384 g/mol. The summed E-state index contributed by atoms with van der Waals surface area (Å²) in [6, 6.07) is 12.6. The van der Waals surface area contributed by atoms with Crippen LogP contribution < -0.4 is 11.1 Å². The van der Waals surface area contributed by atoms with Crippen LogP contribution in [0.4, 0.5) is 17.1 Å². The highest BCUT2D eigenvalue weighted by Gasteiger charge is 2.56. The molecule has 0 bridgehead atoms. The van der Waals surface area contributed by atoms with Gasteiger partial charge in [-0.2, -0.15) is 0 Å². The number of para-hydroxylation sites is 1. The number of esters is 1. The van der Waals surface area contributed by atoms with E-state index in [9.17, 15) is 4.79 Å². The summed E-state index contributed by atoms with van der Waals surface area (Å²) in [5.41, 5.74) is 13.2. The molecule has 1 fully saturated rings. The Labute approximate surface area is 186 Å². The predicted molar refractivity (Wildman–Crippen MR) is 128 cm³/mol. The number of methoxy groups -OCH3 is 1. The molecule has 2 aromatic carbocycles. The van der Waals surface area contributed by atoms with Gasteiger partial charge in [-0.05, 0) is 79.2 Å². The SMILES string of the molecule is COC(=O)[C@]1(C)CCC[C@]2(C)c3cc(Nc4ccccc4)c(C(C)C)c(N)c3CC[C@@H]12. The van der Waals surface area contributed by atoms with E-state index in [1.165, 1.54) is 23.8 Å². The van der Waals surface area contributed by atoms with Crippen molar-refractivity contribution >= 4 is 23.0 Å². The first kappa shape index (κ1) is 21.7. The zero-order chi connectivity index (χ0) is 22.4. The molecule has 0 saturated heterocycles. The summed E-state index contributed by atoms with van der Waals surface area (Å²) < 4.78 is 5.28. The number of hydrogen-bond donors (Lipinski definition) is 2. The maximum absolute atomic E-state index is 12.9. The van der Waals surface area contributed by atoms with E-state index in [4.69, 9.17) is 10.5 Å². The maximum Gasteiger partial charge on any atom is 0.311 e. The van der Waals surface area contributed by atoms with E-state index in [2.05, 4.69) is 51.2 Å². The molecule has 31 heavy (non-hydrogen) atoms. The van der Waals surface area contributed by atoms with Gasteiger partial charge in [0.05, 0.1) is 12.5 Å². The van der Waals surface area contributed by atoms with Gasteiger partial charge in [0, 0.05) is 22.6 Å². The minimum atomic E-state index is -0.446. The Kier molecular flexibility index (Phi) is 5.53. The third kappa shape index (κ3) is 3.40. The minimum Gasteiger partial charge on any atom is -0.469 e. The predicted octanol–water partition coefficient (Wildman–Crippen LogP) is 6.32. The van der Waals surface area contributed by atoms with Gasteiger partial charge in [0.25, 0.3) is 0 Å². The van der Waals surface area contributed by atoms with E-state index in [0.29, 0.717) is 5.92 Å². The fourth-order valence-electron chi connectivity index (χ4n) is 6.54. The Balaban J connectivity index is 1.87. The fraction of sp³-hybridized carbons (Fsp3) is 0.519. The average Bonchev–Trinajstić information content (AvgIpc) is 2.74. The van der Waals surface area contributed by atoms with E-state index in [1.807, 2.05) is 18.2 Å². The van der Waals surface area contributed by atoms with Crippen molar-refractivity contribution in [3.63, 3.8) is 0 Å². The summed E-state index contributed by atoms with van der Waals surface area (Å²) >= 11 is 0. The second kappa shape index (κ2) is 7.89. The van der Waals surface area contributed by atoms with Crippen molar-refractivity contribution in [1.82, 2.24) is 0 Å². The van der Waals surface area contributed by atoms with Gasteiger partial charge in [-0.25, -0.2) is 0 Å². The third-order valence-electron chi connectivity index (χ3n) is 8.03. The first-order chi connectivity index (χ1) is 14.7. The van der Waals surface area contributed by atoms with Gasteiger partial charge in [-0.15, -0.1) is 0 Å². The number of fused-ring (bicyclic) bond motifs is 3. The molecule has 4 heteroatoms. The molecule has 2 aromatic rings. The molecule has 0 amide bonds. The fourth-order valence-corrected chi connectivity index (χ4v) is 6.54. The number of carbonyl (C=O) groups excluding carboxylic acids is 1. The molecule has 2 aliphatic rings. The van der Waals surface area contributed by atoms with E-state index < -0.39 is 5.41 Å². The summed E-state index contributed by atoms with van der Waals surface area (Å²) in [7, 11) is 1.52. The van der Waals surface area contributed by atoms with Crippen LogP contribution >= 0.6 is 0 Å². The van der Waals surface area contributed by atoms with Crippen LogP contribution in [0.2, 0.25) is 0 Å². The highest BCUT2D eigenvalue weighted by molar-refractivity contribution is 5.79. The molecule has 2 aliphatic carbocycles. The first-order valence-electron chi connectivity index (χ1n) is 11.6. The second-order valence-corrected chi connectivity index (χ2v) is 10.2. The summed E-state index contributed by atoms with van der Waals surface area (Å²) in [4.78, 5) is 12.9. The zero-order valence-corrected chi connectivity index (χ0v) is 19.5. The van der Waals surface area contributed by atoms with Crippen LogP contribution in [-0.4, -0.2) is 13.1 Å². The topological polar surface area (TPSA) is 64.3 Å². The van der Waals surface area contributed by atoms with Crippen LogP contribution in [-0.2, 0) is 21.4 Å². The van der Waals surface area contributed by atoms with Crippen molar-refractivity contribution in [3.05, 3.63) is 53.1 Å². The standard InChI is InChI=1S/C27H36N2O2/c1-17(2)23-21(29-18-10-7-6-8-11-18)16-20-19(24(23)28)12-13-22-26(20,3)14-9-15-27(22,4)25(30)31-5/h6-8,10-11,16-17,22,29H,9,12-15,28H2,1-5H3/t22-,26-,27-/m1/s1. The Morgan fingerprint density at radius 2 is 1.90 bits per heavy atom. The molecule has 166 valence electrons. The van der Waals surface area contributed by atoms with Gasteiger partial charge in [0.15, 0.2) is 0 Å². The van der Waals surface area contributed by atoms with Crippen LogP contribution in [0.15, 0.2) is 36.4 Å². The summed E-state index contributed by atoms with van der Waals surface area (Å²) in [6.45, 7) is 8.87. The number of nitrogen functional groups attached to an aromatic ring is 1. The lowest BCUT2D eigenvalue weighted by Gasteiger charge is -2.54. The van der Waals surface area contributed by atoms with E-state index in [0.717, 1.165) is 49.2 Å². The van der Waals surface area contributed by atoms with E-state index in [-0.39, 0.29) is 17.3 Å². The number of hydrogen-bond acceptors (Lipinski definition) is 4. The highest BCUT2D eigenvalue weighted by Crippen LogP contribution is 2.59. The molecule has 1 saturated carbocycles. The highest BCUT2D eigenvalue weighted by atomic mass is 16.5. The number of ether oxygens (including phenoxy) is 1. The Hall–Kier alpha value is -2.49. The molecule has 3 N–H and O–H groups in total. The van der Waals surface area contributed by atoms with Crippen molar-refractivity contribution in [3.8, 4) is 0 Å². The lowest BCUT2D eigenvalue weighted by atomic mass is 9.49. The van der Waals surface area contributed by atoms with Crippen molar-refractivity contribution in [2.24, 2.45) is 11.3 Å². The number of nitrogens with two attached hydrogens (primary N) is 1. The quantitative estimate of drug-likeness (QED) is 0.449. The summed E-state index contributed by atoms with van der Waals surface area (Å²) in [6.07, 6.45) is 4.87. The molecule has 4 rings (SSSR count). The molecule has 3 atom stereocenters. The van der Waals surface area contributed by atoms with Gasteiger partial charge in [0.2, 0.25) is 0 Å². The lowest BCUT2D eigenvalue weighted by Crippen LogP contribution is -2.52. The lowest BCUT2D eigenvalue weighted by molar-refractivity contribution is -0.161. The third-order valence-corrected chi connectivity index (χ3v) is 8.03. The summed E-state index contributed by atoms with van der Waals surface area (Å²) in [5, 5.41) is 3.64. The number of anilines is 3. The molecule has 0 radical (unpaired) electrons. The van der Waals surface area contributed by atoms with Crippen molar-refractivity contribution < 1.29 is 9.53 Å². The van der Waals surface area contributed by atoms with Crippen LogP contribution in [0.1, 0.15) is 76.0 Å². The Morgan fingerprint density at radius 3 is 2.55 bits per heavy atom. The molecule has 0 spiro atoms. The molecular formula is C27H36N2O2. The molecule has 0 heterocycles. The number of rotatable bonds is 4. The second-order valence-electron chi connectivity index (χ2n) is 10.2. The smallest absolute Gasteiger partial charge is 0.311 e. The van der Waals surface area contributed by atoms with Crippen LogP contribution in [0.5, 0.6) is 0 Å². The first-order valence-corrected chi connectivity index (χ1v) is 11.6. The average molecular weight is 421 g/mol. The van der Waals surface area contributed by atoms with E-state index >= 15 is 0 Å². The molecule has 0 aromatic heterocycles. The van der Waals surface area contributed by atoms with Crippen molar-refractivity contribution in [1.29, 1.82) is 0 Å². The van der Waals surface area contributed by atoms with Crippen molar-refractivity contribution in [2.45, 2.75) is 71.1 Å². The van der Waals surface area contributed by atoms with Crippen LogP contribution in [0.25, 0.3) is 0 Å². The van der Waals surface area contributed by atoms with Gasteiger partial charge in [-0.1, -0.05) is 45.4 Å². The zero-order valence-electron chi connectivity index (χ0n) is 19.5. The van der Waals surface area contributed by atoms with E-state index in [1.54, 1.807) is 0 Å². The molecule has 0 unspecified atom stereocenters. The molecule has 4 nitrogen and oxygen atoms in total. The monoisotopic (exact) mass is 420 g/mol. The Bertz CT molecular complexity index is 984. The minimum absolute atomic E-state index is 0.0683. The van der Waals surface area contributed by atoms with Crippen LogP contribution in [0, 0.1) is 11.3 Å². The van der Waals surface area contributed by atoms with Gasteiger partial charge in [0.1, 0.15) is 0 Å². The van der Waals surface area contributed by atoms with Crippen LogP contribution in [0.3, 0.4) is 0 Å². The number of nitrogens with one attached hydrogen (secondary N) is 1. The Morgan fingerprint density at radius 1 is 1.19 bits per heavy atom.